The van der Waals surface area contributed by atoms with Gasteiger partial charge in [-0.15, -0.1) is 10.2 Å². The van der Waals surface area contributed by atoms with E-state index in [4.69, 9.17) is 0 Å². The lowest BCUT2D eigenvalue weighted by atomic mass is 10.2. The van der Waals surface area contributed by atoms with E-state index in [9.17, 15) is 4.79 Å². The Labute approximate surface area is 87.3 Å². The average molecular weight is 214 g/mol. The number of hydrogen-bond donors (Lipinski definition) is 1. The fourth-order valence-electron chi connectivity index (χ4n) is 0.843. The van der Waals surface area contributed by atoms with Gasteiger partial charge in [-0.25, -0.2) is 4.68 Å². The monoisotopic (exact) mass is 214 g/mol. The summed E-state index contributed by atoms with van der Waals surface area (Å²) in [6.07, 6.45) is 1.89. The van der Waals surface area contributed by atoms with Crippen molar-refractivity contribution in [1.82, 2.24) is 14.9 Å². The lowest BCUT2D eigenvalue weighted by Crippen LogP contribution is -2.28. The van der Waals surface area contributed by atoms with Crippen molar-refractivity contribution in [2.45, 2.75) is 25.9 Å². The highest BCUT2D eigenvalue weighted by molar-refractivity contribution is 7.98. The molecule has 0 saturated heterocycles. The van der Waals surface area contributed by atoms with E-state index in [1.165, 1.54) is 11.8 Å². The van der Waals surface area contributed by atoms with Gasteiger partial charge in [0.25, 0.3) is 0 Å². The number of nitrogens with one attached hydrogen (secondary N) is 1. The summed E-state index contributed by atoms with van der Waals surface area (Å²) in [4.78, 5) is 11.4. The Morgan fingerprint density at radius 3 is 2.64 bits per heavy atom. The number of carbonyl (C=O) groups is 1. The third kappa shape index (κ3) is 2.25. The molecule has 14 heavy (non-hydrogen) atoms. The average Bonchev–Trinajstić information content (AvgIpc) is 2.47. The zero-order valence-electron chi connectivity index (χ0n) is 8.74. The van der Waals surface area contributed by atoms with Gasteiger partial charge in [0.2, 0.25) is 11.1 Å². The van der Waals surface area contributed by atoms with Crippen LogP contribution in [0.15, 0.2) is 5.16 Å². The van der Waals surface area contributed by atoms with E-state index in [1.54, 1.807) is 11.6 Å². The van der Waals surface area contributed by atoms with Gasteiger partial charge in [0.15, 0.2) is 0 Å². The van der Waals surface area contributed by atoms with Gasteiger partial charge in [-0.2, -0.15) is 0 Å². The zero-order chi connectivity index (χ0) is 10.7. The molecule has 0 bridgehead atoms. The third-order valence-corrected chi connectivity index (χ3v) is 2.35. The first-order chi connectivity index (χ1) is 6.56. The topological polar surface area (TPSA) is 59.8 Å². The Balaban J connectivity index is 2.84. The summed E-state index contributed by atoms with van der Waals surface area (Å²) >= 11 is 1.44. The molecule has 0 aliphatic carbocycles. The first-order valence-corrected chi connectivity index (χ1v) is 5.55. The highest BCUT2D eigenvalue weighted by Gasteiger charge is 2.12. The molecule has 0 fully saturated rings. The van der Waals surface area contributed by atoms with Crippen LogP contribution in [0.3, 0.4) is 0 Å². The zero-order valence-corrected chi connectivity index (χ0v) is 9.55. The number of nitrogens with zero attached hydrogens (tertiary/aromatic N) is 3. The normalized spacial score (nSPS) is 10.6. The van der Waals surface area contributed by atoms with E-state index < -0.39 is 0 Å². The predicted molar refractivity (Wildman–Crippen MR) is 55.7 cm³/mol. The Hall–Kier alpha value is -1.04. The summed E-state index contributed by atoms with van der Waals surface area (Å²) in [6, 6.07) is 0. The largest absolute Gasteiger partial charge is 0.273 e. The lowest BCUT2D eigenvalue weighted by Gasteiger charge is -2.10. The number of thioether (sulfide) groups is 1. The van der Waals surface area contributed by atoms with Crippen molar-refractivity contribution < 1.29 is 4.79 Å². The Morgan fingerprint density at radius 2 is 2.14 bits per heavy atom. The summed E-state index contributed by atoms with van der Waals surface area (Å²) < 4.78 is 1.60. The molecule has 1 heterocycles. The second-order valence-electron chi connectivity index (χ2n) is 3.20. The predicted octanol–water partition coefficient (Wildman–Crippen LogP) is 1.03. The van der Waals surface area contributed by atoms with Crippen LogP contribution in [0.4, 0.5) is 0 Å². The van der Waals surface area contributed by atoms with Crippen molar-refractivity contribution in [3.8, 4) is 0 Å². The maximum Gasteiger partial charge on any atom is 0.241 e. The maximum atomic E-state index is 11.4. The second-order valence-corrected chi connectivity index (χ2v) is 3.97. The number of amides is 1. The molecule has 5 nitrogen and oxygen atoms in total. The van der Waals surface area contributed by atoms with Gasteiger partial charge in [0.05, 0.1) is 0 Å². The van der Waals surface area contributed by atoms with E-state index >= 15 is 0 Å². The Kier molecular flexibility index (Phi) is 3.51. The van der Waals surface area contributed by atoms with Crippen molar-refractivity contribution >= 4 is 17.7 Å². The number of hydrogen-bond acceptors (Lipinski definition) is 4. The Bertz CT molecular complexity index is 334. The van der Waals surface area contributed by atoms with Crippen LogP contribution in [0.5, 0.6) is 0 Å². The van der Waals surface area contributed by atoms with Crippen LogP contribution in [-0.4, -0.2) is 27.0 Å². The van der Waals surface area contributed by atoms with Gasteiger partial charge in [-0.05, 0) is 13.2 Å². The molecule has 0 unspecified atom stereocenters. The maximum absolute atomic E-state index is 11.4. The van der Waals surface area contributed by atoms with Gasteiger partial charge < -0.3 is 0 Å². The molecule has 1 aromatic rings. The summed E-state index contributed by atoms with van der Waals surface area (Å²) in [5.41, 5.74) is 2.74. The molecule has 6 heteroatoms. The third-order valence-electron chi connectivity index (χ3n) is 1.72. The molecule has 0 spiro atoms. The summed E-state index contributed by atoms with van der Waals surface area (Å²) in [6.45, 7) is 5.48. The second kappa shape index (κ2) is 4.45. The Morgan fingerprint density at radius 1 is 1.50 bits per heavy atom. The first-order valence-electron chi connectivity index (χ1n) is 4.33. The van der Waals surface area contributed by atoms with Crippen LogP contribution in [0.2, 0.25) is 0 Å². The molecule has 0 aliphatic heterocycles. The van der Waals surface area contributed by atoms with Gasteiger partial charge >= 0.3 is 0 Å². The van der Waals surface area contributed by atoms with Crippen molar-refractivity contribution in [3.05, 3.63) is 5.82 Å². The number of aromatic nitrogens is 3. The minimum Gasteiger partial charge on any atom is -0.273 e. The van der Waals surface area contributed by atoms with Gasteiger partial charge in [-0.3, -0.25) is 10.2 Å². The molecule has 1 amide bonds. The minimum atomic E-state index is -0.0495. The molecule has 78 valence electrons. The van der Waals surface area contributed by atoms with E-state index in [0.717, 1.165) is 0 Å². The molecule has 1 N–H and O–H groups in total. The van der Waals surface area contributed by atoms with Crippen LogP contribution in [0.1, 0.15) is 19.7 Å². The number of rotatable bonds is 3. The highest BCUT2D eigenvalue weighted by atomic mass is 32.2. The van der Waals surface area contributed by atoms with Crippen LogP contribution >= 0.6 is 11.8 Å². The van der Waals surface area contributed by atoms with E-state index in [1.807, 2.05) is 20.1 Å². The fourth-order valence-corrected chi connectivity index (χ4v) is 1.33. The SMILES string of the molecule is CSc1nnc(C)n1NC(=O)C(C)C. The molecule has 0 saturated carbocycles. The van der Waals surface area contributed by atoms with Crippen molar-refractivity contribution in [2.24, 2.45) is 5.92 Å². The minimum absolute atomic E-state index is 0.0387. The van der Waals surface area contributed by atoms with Crippen LogP contribution in [0, 0.1) is 12.8 Å². The highest BCUT2D eigenvalue weighted by Crippen LogP contribution is 2.11. The lowest BCUT2D eigenvalue weighted by molar-refractivity contribution is -0.119. The quantitative estimate of drug-likeness (QED) is 0.764. The molecular weight excluding hydrogens is 200 g/mol. The van der Waals surface area contributed by atoms with Crippen molar-refractivity contribution in [3.63, 3.8) is 0 Å². The van der Waals surface area contributed by atoms with E-state index in [0.29, 0.717) is 11.0 Å². The van der Waals surface area contributed by atoms with Gasteiger partial charge in [0.1, 0.15) is 5.82 Å². The molecule has 0 aromatic carbocycles. The van der Waals surface area contributed by atoms with E-state index in [-0.39, 0.29) is 11.8 Å². The van der Waals surface area contributed by atoms with Gasteiger partial charge in [0, 0.05) is 5.92 Å². The molecule has 1 aromatic heterocycles. The van der Waals surface area contributed by atoms with Crippen molar-refractivity contribution in [2.75, 3.05) is 11.7 Å². The van der Waals surface area contributed by atoms with Crippen molar-refractivity contribution in [1.29, 1.82) is 0 Å². The van der Waals surface area contributed by atoms with Crippen LogP contribution < -0.4 is 5.43 Å². The standard InChI is InChI=1S/C8H14N4OS/c1-5(2)7(13)11-12-6(3)9-10-8(12)14-4/h5H,1-4H3,(H,11,13). The number of carbonyl (C=O) groups excluding carboxylic acids is 1. The van der Waals surface area contributed by atoms with E-state index in [2.05, 4.69) is 15.6 Å². The smallest absolute Gasteiger partial charge is 0.241 e. The van der Waals surface area contributed by atoms with Crippen LogP contribution in [0.25, 0.3) is 0 Å². The summed E-state index contributed by atoms with van der Waals surface area (Å²) in [7, 11) is 0. The molecule has 1 rings (SSSR count). The molecular formula is C8H14N4OS. The summed E-state index contributed by atoms with van der Waals surface area (Å²) in [5.74, 6) is 0.595. The fraction of sp³-hybridized carbons (Fsp3) is 0.625. The molecule has 0 aliphatic rings. The molecule has 0 atom stereocenters. The van der Waals surface area contributed by atoms with Crippen LogP contribution in [-0.2, 0) is 4.79 Å². The summed E-state index contributed by atoms with van der Waals surface area (Å²) in [5, 5.41) is 8.48. The van der Waals surface area contributed by atoms with Gasteiger partial charge in [-0.1, -0.05) is 25.6 Å². The number of aryl methyl sites for hydroxylation is 1. The molecule has 0 radical (unpaired) electrons. The first kappa shape index (κ1) is 11.0.